The maximum Gasteiger partial charge on any atom is 0.232 e. The minimum atomic E-state index is -0.714. The first kappa shape index (κ1) is 17.9. The second-order valence-corrected chi connectivity index (χ2v) is 8.80. The summed E-state index contributed by atoms with van der Waals surface area (Å²) in [5, 5.41) is 3.68. The molecule has 29 heavy (non-hydrogen) atoms. The van der Waals surface area contributed by atoms with Crippen LogP contribution in [-0.2, 0) is 4.79 Å². The number of anilines is 1. The predicted molar refractivity (Wildman–Crippen MR) is 117 cm³/mol. The number of hydrogen-bond acceptors (Lipinski definition) is 4. The second kappa shape index (κ2) is 6.71. The molecule has 0 aliphatic carbocycles. The molecule has 0 saturated heterocycles. The summed E-state index contributed by atoms with van der Waals surface area (Å²) >= 11 is 1.49. The number of ether oxygens (including phenoxy) is 1. The van der Waals surface area contributed by atoms with E-state index in [2.05, 4.69) is 10.3 Å². The first-order chi connectivity index (χ1) is 14.0. The molecule has 2 heterocycles. The highest BCUT2D eigenvalue weighted by Gasteiger charge is 2.43. The third-order valence-electron chi connectivity index (χ3n) is 5.50. The Morgan fingerprint density at radius 3 is 2.17 bits per heavy atom. The van der Waals surface area contributed by atoms with E-state index in [1.165, 1.54) is 11.3 Å². The number of para-hydroxylation sites is 3. The molecule has 0 atom stereocenters. The molecule has 0 fully saturated rings. The average molecular weight is 401 g/mol. The van der Waals surface area contributed by atoms with Crippen LogP contribution in [0.1, 0.15) is 30.9 Å². The first-order valence-corrected chi connectivity index (χ1v) is 10.4. The lowest BCUT2D eigenvalue weighted by atomic mass is 9.69. The Bertz CT molecular complexity index is 1150. The molecule has 1 N–H and O–H groups in total. The van der Waals surface area contributed by atoms with Crippen LogP contribution in [0.25, 0.3) is 10.2 Å². The number of fused-ring (bicyclic) bond motifs is 3. The molecule has 3 aromatic carbocycles. The summed E-state index contributed by atoms with van der Waals surface area (Å²) in [6.07, 6.45) is 0. The Hall–Kier alpha value is -3.18. The summed E-state index contributed by atoms with van der Waals surface area (Å²) in [5.74, 6) is 1.42. The maximum absolute atomic E-state index is 13.4. The van der Waals surface area contributed by atoms with Gasteiger partial charge in [0.25, 0.3) is 0 Å². The Labute approximate surface area is 173 Å². The molecular formula is C24H20N2O2S. The van der Waals surface area contributed by atoms with E-state index in [0.29, 0.717) is 5.13 Å². The fraction of sp³-hybridized carbons (Fsp3) is 0.167. The van der Waals surface area contributed by atoms with Crippen molar-refractivity contribution in [1.82, 2.24) is 4.98 Å². The minimum absolute atomic E-state index is 0.0620. The molecule has 4 aromatic rings. The van der Waals surface area contributed by atoms with Gasteiger partial charge in [-0.1, -0.05) is 73.7 Å². The van der Waals surface area contributed by atoms with E-state index in [4.69, 9.17) is 4.74 Å². The highest BCUT2D eigenvalue weighted by molar-refractivity contribution is 7.22. The van der Waals surface area contributed by atoms with E-state index in [1.807, 2.05) is 86.6 Å². The molecule has 5 heteroatoms. The summed E-state index contributed by atoms with van der Waals surface area (Å²) in [7, 11) is 0. The average Bonchev–Trinajstić information content (AvgIpc) is 3.14. The first-order valence-electron chi connectivity index (χ1n) is 9.57. The van der Waals surface area contributed by atoms with Crippen LogP contribution < -0.4 is 10.1 Å². The number of thiazole rings is 1. The van der Waals surface area contributed by atoms with Gasteiger partial charge in [-0.2, -0.15) is 0 Å². The van der Waals surface area contributed by atoms with E-state index in [1.54, 1.807) is 0 Å². The van der Waals surface area contributed by atoms with Crippen molar-refractivity contribution in [2.75, 3.05) is 5.32 Å². The number of aromatic nitrogens is 1. The maximum atomic E-state index is 13.4. The topological polar surface area (TPSA) is 51.2 Å². The third kappa shape index (κ3) is 2.98. The number of rotatable bonds is 3. The molecule has 4 nitrogen and oxygen atoms in total. The molecule has 0 radical (unpaired) electrons. The van der Waals surface area contributed by atoms with Crippen LogP contribution in [0.3, 0.4) is 0 Å². The van der Waals surface area contributed by atoms with E-state index in [9.17, 15) is 4.79 Å². The third-order valence-corrected chi connectivity index (χ3v) is 6.45. The lowest BCUT2D eigenvalue weighted by molar-refractivity contribution is -0.124. The van der Waals surface area contributed by atoms with E-state index in [0.717, 1.165) is 32.8 Å². The molecule has 0 spiro atoms. The van der Waals surface area contributed by atoms with Gasteiger partial charge >= 0.3 is 0 Å². The van der Waals surface area contributed by atoms with Gasteiger partial charge in [-0.25, -0.2) is 4.98 Å². The molecule has 1 aliphatic rings. The number of nitrogens with one attached hydrogen (secondary N) is 1. The largest absolute Gasteiger partial charge is 0.457 e. The molecular weight excluding hydrogens is 380 g/mol. The number of amides is 1. The van der Waals surface area contributed by atoms with Gasteiger partial charge in [-0.05, 0) is 24.3 Å². The lowest BCUT2D eigenvalue weighted by Crippen LogP contribution is -2.38. The monoisotopic (exact) mass is 400 g/mol. The standard InChI is InChI=1S/C24H20N2O2S/c1-24(2,22(27)26-23-25-17-11-5-8-14-20(17)29-23)21-15-9-3-6-12-18(15)28-19-13-7-4-10-16(19)21/h3-14,21H,1-2H3,(H,25,26,27). The van der Waals surface area contributed by atoms with Crippen molar-refractivity contribution in [2.45, 2.75) is 19.8 Å². The van der Waals surface area contributed by atoms with E-state index >= 15 is 0 Å². The van der Waals surface area contributed by atoms with Crippen LogP contribution in [0, 0.1) is 5.41 Å². The van der Waals surface area contributed by atoms with Crippen molar-refractivity contribution in [3.8, 4) is 11.5 Å². The lowest BCUT2D eigenvalue weighted by Gasteiger charge is -2.38. The van der Waals surface area contributed by atoms with Crippen molar-refractivity contribution in [3.63, 3.8) is 0 Å². The van der Waals surface area contributed by atoms with Crippen LogP contribution >= 0.6 is 11.3 Å². The van der Waals surface area contributed by atoms with Crippen LogP contribution in [0.4, 0.5) is 5.13 Å². The van der Waals surface area contributed by atoms with Crippen LogP contribution in [-0.4, -0.2) is 10.9 Å². The summed E-state index contributed by atoms with van der Waals surface area (Å²) in [5.41, 5.74) is 2.23. The zero-order valence-corrected chi connectivity index (χ0v) is 17.0. The molecule has 0 saturated carbocycles. The Kier molecular flexibility index (Phi) is 4.14. The summed E-state index contributed by atoms with van der Waals surface area (Å²) in [6, 6.07) is 23.8. The fourth-order valence-corrected chi connectivity index (χ4v) is 4.86. The Morgan fingerprint density at radius 1 is 0.931 bits per heavy atom. The number of carbonyl (C=O) groups excluding carboxylic acids is 1. The van der Waals surface area contributed by atoms with Gasteiger partial charge < -0.3 is 10.1 Å². The molecule has 1 aliphatic heterocycles. The van der Waals surface area contributed by atoms with E-state index in [-0.39, 0.29) is 11.8 Å². The molecule has 144 valence electrons. The molecule has 1 amide bonds. The van der Waals surface area contributed by atoms with Crippen LogP contribution in [0.15, 0.2) is 72.8 Å². The zero-order chi connectivity index (χ0) is 20.0. The van der Waals surface area contributed by atoms with Gasteiger partial charge in [0.05, 0.1) is 15.6 Å². The smallest absolute Gasteiger partial charge is 0.232 e. The molecule has 5 rings (SSSR count). The van der Waals surface area contributed by atoms with Gasteiger partial charge in [0, 0.05) is 17.0 Å². The van der Waals surface area contributed by atoms with Crippen LogP contribution in [0.5, 0.6) is 11.5 Å². The van der Waals surface area contributed by atoms with Crippen molar-refractivity contribution >= 4 is 32.6 Å². The van der Waals surface area contributed by atoms with Gasteiger partial charge in [0.2, 0.25) is 5.91 Å². The predicted octanol–water partition coefficient (Wildman–Crippen LogP) is 6.20. The summed E-state index contributed by atoms with van der Waals surface area (Å²) in [4.78, 5) is 18.0. The number of carbonyl (C=O) groups is 1. The van der Waals surface area contributed by atoms with Gasteiger partial charge in [-0.3, -0.25) is 4.79 Å². The number of hydrogen-bond donors (Lipinski definition) is 1. The van der Waals surface area contributed by atoms with Gasteiger partial charge in [0.1, 0.15) is 11.5 Å². The van der Waals surface area contributed by atoms with Crippen molar-refractivity contribution < 1.29 is 9.53 Å². The quantitative estimate of drug-likeness (QED) is 0.445. The second-order valence-electron chi connectivity index (χ2n) is 7.77. The van der Waals surface area contributed by atoms with Gasteiger partial charge in [-0.15, -0.1) is 0 Å². The minimum Gasteiger partial charge on any atom is -0.457 e. The fourth-order valence-electron chi connectivity index (χ4n) is 4.00. The Balaban J connectivity index is 1.54. The summed E-state index contributed by atoms with van der Waals surface area (Å²) < 4.78 is 7.16. The molecule has 0 unspecified atom stereocenters. The highest BCUT2D eigenvalue weighted by Crippen LogP contribution is 2.52. The normalized spacial score (nSPS) is 13.4. The van der Waals surface area contributed by atoms with Crippen molar-refractivity contribution in [3.05, 3.63) is 83.9 Å². The SMILES string of the molecule is CC(C)(C(=O)Nc1nc2ccccc2s1)C1c2ccccc2Oc2ccccc21. The van der Waals surface area contributed by atoms with E-state index < -0.39 is 5.41 Å². The molecule has 1 aromatic heterocycles. The number of benzene rings is 3. The Morgan fingerprint density at radius 2 is 1.52 bits per heavy atom. The van der Waals surface area contributed by atoms with Crippen molar-refractivity contribution in [2.24, 2.45) is 5.41 Å². The number of nitrogens with zero attached hydrogens (tertiary/aromatic N) is 1. The molecule has 0 bridgehead atoms. The van der Waals surface area contributed by atoms with Crippen LogP contribution in [0.2, 0.25) is 0 Å². The van der Waals surface area contributed by atoms with Gasteiger partial charge in [0.15, 0.2) is 5.13 Å². The summed E-state index contributed by atoms with van der Waals surface area (Å²) in [6.45, 7) is 3.97. The highest BCUT2D eigenvalue weighted by atomic mass is 32.1. The van der Waals surface area contributed by atoms with Crippen molar-refractivity contribution in [1.29, 1.82) is 0 Å². The zero-order valence-electron chi connectivity index (χ0n) is 16.2.